The third-order valence-electron chi connectivity index (χ3n) is 2.92. The van der Waals surface area contributed by atoms with Gasteiger partial charge in [0.1, 0.15) is 5.82 Å². The van der Waals surface area contributed by atoms with Gasteiger partial charge in [-0.3, -0.25) is 0 Å². The van der Waals surface area contributed by atoms with Crippen LogP contribution in [0.1, 0.15) is 33.3 Å². The molecule has 0 spiro atoms. The molecule has 0 radical (unpaired) electrons. The van der Waals surface area contributed by atoms with E-state index in [9.17, 15) is 9.18 Å². The first kappa shape index (κ1) is 16.2. The average Bonchev–Trinajstić information content (AvgIpc) is 2.33. The monoisotopic (exact) mass is 279 g/mol. The molecule has 1 rings (SSSR count). The van der Waals surface area contributed by atoms with E-state index < -0.39 is 11.8 Å². The Bertz CT molecular complexity index is 495. The largest absolute Gasteiger partial charge is 0.478 e. The SMILES string of the molecule is CC(C)CN(c1cccc(F)c1/C=C/C(=O)O)C(C)C. The first-order valence-electron chi connectivity index (χ1n) is 6.79. The Hall–Kier alpha value is -1.84. The zero-order valence-corrected chi connectivity index (χ0v) is 12.4. The second kappa shape index (κ2) is 7.08. The Morgan fingerprint density at radius 1 is 1.35 bits per heavy atom. The van der Waals surface area contributed by atoms with E-state index >= 15 is 0 Å². The normalized spacial score (nSPS) is 11.6. The summed E-state index contributed by atoms with van der Waals surface area (Å²) in [6.45, 7) is 9.06. The van der Waals surface area contributed by atoms with Gasteiger partial charge in [-0.05, 0) is 38.0 Å². The Morgan fingerprint density at radius 3 is 2.50 bits per heavy atom. The summed E-state index contributed by atoms with van der Waals surface area (Å²) >= 11 is 0. The van der Waals surface area contributed by atoms with Crippen LogP contribution in [-0.4, -0.2) is 23.7 Å². The van der Waals surface area contributed by atoms with Gasteiger partial charge in [0.2, 0.25) is 0 Å². The predicted octanol–water partition coefficient (Wildman–Crippen LogP) is 3.79. The fraction of sp³-hybridized carbons (Fsp3) is 0.438. The quantitative estimate of drug-likeness (QED) is 0.805. The van der Waals surface area contributed by atoms with E-state index in [0.717, 1.165) is 18.3 Å². The maximum Gasteiger partial charge on any atom is 0.328 e. The molecular formula is C16H22FNO2. The molecule has 4 heteroatoms. The number of carboxylic acid groups (broad SMARTS) is 1. The number of aliphatic carboxylic acids is 1. The second-order valence-electron chi connectivity index (χ2n) is 5.48. The van der Waals surface area contributed by atoms with Crippen LogP contribution in [0.3, 0.4) is 0 Å². The number of anilines is 1. The van der Waals surface area contributed by atoms with Crippen LogP contribution in [0.15, 0.2) is 24.3 Å². The number of halogens is 1. The molecule has 0 aliphatic carbocycles. The van der Waals surface area contributed by atoms with E-state index in [-0.39, 0.29) is 6.04 Å². The van der Waals surface area contributed by atoms with Crippen molar-refractivity contribution >= 4 is 17.7 Å². The Balaban J connectivity index is 3.27. The summed E-state index contributed by atoms with van der Waals surface area (Å²) in [6.07, 6.45) is 2.29. The highest BCUT2D eigenvalue weighted by Crippen LogP contribution is 2.27. The lowest BCUT2D eigenvalue weighted by atomic mass is 10.1. The van der Waals surface area contributed by atoms with Crippen molar-refractivity contribution in [2.75, 3.05) is 11.4 Å². The van der Waals surface area contributed by atoms with Crippen molar-refractivity contribution in [2.45, 2.75) is 33.7 Å². The van der Waals surface area contributed by atoms with Crippen molar-refractivity contribution < 1.29 is 14.3 Å². The van der Waals surface area contributed by atoms with Gasteiger partial charge in [0.25, 0.3) is 0 Å². The predicted molar refractivity (Wildman–Crippen MR) is 80.4 cm³/mol. The van der Waals surface area contributed by atoms with Gasteiger partial charge >= 0.3 is 5.97 Å². The molecule has 0 saturated heterocycles. The molecule has 0 unspecified atom stereocenters. The standard InChI is InChI=1S/C16H22FNO2/c1-11(2)10-18(12(3)4)15-7-5-6-14(17)13(15)8-9-16(19)20/h5-9,11-12H,10H2,1-4H3,(H,19,20)/b9-8+. The fourth-order valence-corrected chi connectivity index (χ4v) is 2.08. The lowest BCUT2D eigenvalue weighted by Crippen LogP contribution is -2.34. The average molecular weight is 279 g/mol. The molecule has 0 aliphatic heterocycles. The van der Waals surface area contributed by atoms with Crippen LogP contribution < -0.4 is 4.90 Å². The molecule has 3 nitrogen and oxygen atoms in total. The second-order valence-corrected chi connectivity index (χ2v) is 5.48. The van der Waals surface area contributed by atoms with Gasteiger partial charge in [-0.1, -0.05) is 19.9 Å². The molecule has 0 bridgehead atoms. The number of carbonyl (C=O) groups is 1. The Labute approximate surface area is 119 Å². The first-order chi connectivity index (χ1) is 9.32. The van der Waals surface area contributed by atoms with E-state index in [4.69, 9.17) is 5.11 Å². The number of rotatable bonds is 6. The molecule has 0 fully saturated rings. The van der Waals surface area contributed by atoms with Crippen molar-refractivity contribution in [3.63, 3.8) is 0 Å². The van der Waals surface area contributed by atoms with Crippen molar-refractivity contribution in [3.8, 4) is 0 Å². The molecule has 0 aliphatic rings. The highest BCUT2D eigenvalue weighted by molar-refractivity contribution is 5.87. The summed E-state index contributed by atoms with van der Waals surface area (Å²) in [5.74, 6) is -1.06. The molecule has 1 aromatic rings. The summed E-state index contributed by atoms with van der Waals surface area (Å²) in [5.41, 5.74) is 1.05. The van der Waals surface area contributed by atoms with E-state index in [1.807, 2.05) is 19.9 Å². The minimum atomic E-state index is -1.08. The Morgan fingerprint density at radius 2 is 2.00 bits per heavy atom. The topological polar surface area (TPSA) is 40.5 Å². The molecule has 0 heterocycles. The number of hydrogen-bond acceptors (Lipinski definition) is 2. The highest BCUT2D eigenvalue weighted by atomic mass is 19.1. The summed E-state index contributed by atoms with van der Waals surface area (Å²) in [7, 11) is 0. The van der Waals surface area contributed by atoms with Gasteiger partial charge in [-0.15, -0.1) is 0 Å². The molecule has 0 aromatic heterocycles. The summed E-state index contributed by atoms with van der Waals surface area (Å²) < 4.78 is 14.0. The van der Waals surface area contributed by atoms with E-state index in [1.54, 1.807) is 6.07 Å². The van der Waals surface area contributed by atoms with Gasteiger partial charge in [0.05, 0.1) is 0 Å². The molecule has 1 N–H and O–H groups in total. The summed E-state index contributed by atoms with van der Waals surface area (Å²) in [4.78, 5) is 12.7. The van der Waals surface area contributed by atoms with Crippen LogP contribution >= 0.6 is 0 Å². The minimum absolute atomic E-state index is 0.205. The summed E-state index contributed by atoms with van der Waals surface area (Å²) in [5, 5.41) is 8.73. The van der Waals surface area contributed by atoms with Gasteiger partial charge < -0.3 is 10.0 Å². The lowest BCUT2D eigenvalue weighted by Gasteiger charge is -2.32. The molecule has 20 heavy (non-hydrogen) atoms. The minimum Gasteiger partial charge on any atom is -0.478 e. The molecule has 0 atom stereocenters. The molecule has 0 saturated carbocycles. The summed E-state index contributed by atoms with van der Waals surface area (Å²) in [6, 6.07) is 5.03. The van der Waals surface area contributed by atoms with Gasteiger partial charge in [-0.2, -0.15) is 0 Å². The smallest absolute Gasteiger partial charge is 0.328 e. The maximum atomic E-state index is 14.0. The highest BCUT2D eigenvalue weighted by Gasteiger charge is 2.17. The van der Waals surface area contributed by atoms with Crippen molar-refractivity contribution in [2.24, 2.45) is 5.92 Å². The molecule has 110 valence electrons. The van der Waals surface area contributed by atoms with Crippen LogP contribution in [0.5, 0.6) is 0 Å². The number of benzene rings is 1. The van der Waals surface area contributed by atoms with Crippen LogP contribution in [-0.2, 0) is 4.79 Å². The van der Waals surface area contributed by atoms with Crippen LogP contribution in [0.25, 0.3) is 6.08 Å². The van der Waals surface area contributed by atoms with Crippen LogP contribution in [0.4, 0.5) is 10.1 Å². The third-order valence-corrected chi connectivity index (χ3v) is 2.92. The fourth-order valence-electron chi connectivity index (χ4n) is 2.08. The lowest BCUT2D eigenvalue weighted by molar-refractivity contribution is -0.131. The molecule has 0 amide bonds. The first-order valence-corrected chi connectivity index (χ1v) is 6.79. The number of nitrogens with zero attached hydrogens (tertiary/aromatic N) is 1. The third kappa shape index (κ3) is 4.37. The van der Waals surface area contributed by atoms with Crippen molar-refractivity contribution in [1.82, 2.24) is 0 Å². The Kier molecular flexibility index (Phi) is 5.74. The molecule has 1 aromatic carbocycles. The van der Waals surface area contributed by atoms with E-state index in [0.29, 0.717) is 11.5 Å². The van der Waals surface area contributed by atoms with Crippen molar-refractivity contribution in [3.05, 3.63) is 35.7 Å². The molecular weight excluding hydrogens is 257 g/mol. The van der Waals surface area contributed by atoms with Gasteiger partial charge in [0, 0.05) is 29.9 Å². The zero-order valence-electron chi connectivity index (χ0n) is 12.4. The number of hydrogen-bond donors (Lipinski definition) is 1. The number of carboxylic acids is 1. The van der Waals surface area contributed by atoms with Gasteiger partial charge in [0.15, 0.2) is 0 Å². The van der Waals surface area contributed by atoms with Crippen molar-refractivity contribution in [1.29, 1.82) is 0 Å². The van der Waals surface area contributed by atoms with Crippen LogP contribution in [0.2, 0.25) is 0 Å². The maximum absolute atomic E-state index is 14.0. The van der Waals surface area contributed by atoms with E-state index in [2.05, 4.69) is 18.7 Å². The van der Waals surface area contributed by atoms with E-state index in [1.165, 1.54) is 12.1 Å². The van der Waals surface area contributed by atoms with Gasteiger partial charge in [-0.25, -0.2) is 9.18 Å². The van der Waals surface area contributed by atoms with Crippen LogP contribution in [0, 0.1) is 11.7 Å². The zero-order chi connectivity index (χ0) is 15.3.